The lowest BCUT2D eigenvalue weighted by Gasteiger charge is -2.06. The van der Waals surface area contributed by atoms with Gasteiger partial charge in [0, 0.05) is 18.4 Å². The molecule has 1 N–H and O–H groups in total. The first-order chi connectivity index (χ1) is 6.63. The van der Waals surface area contributed by atoms with Crippen LogP contribution in [0.1, 0.15) is 22.0 Å². The molecule has 1 atom stereocenters. The van der Waals surface area contributed by atoms with Gasteiger partial charge in [-0.25, -0.2) is 4.98 Å². The van der Waals surface area contributed by atoms with Gasteiger partial charge in [0.15, 0.2) is 0 Å². The summed E-state index contributed by atoms with van der Waals surface area (Å²) in [6.07, 6.45) is 1.19. The standard InChI is InChI=1S/C10H17NO2S/c1-7-8(2)14-10(11-7)5-4-9(12)6-13-3/h9,12H,4-6H2,1-3H3. The van der Waals surface area contributed by atoms with Crippen molar-refractivity contribution in [2.75, 3.05) is 13.7 Å². The molecule has 0 saturated carbocycles. The first kappa shape index (κ1) is 11.6. The zero-order valence-electron chi connectivity index (χ0n) is 8.91. The Labute approximate surface area is 88.8 Å². The van der Waals surface area contributed by atoms with E-state index in [4.69, 9.17) is 4.74 Å². The van der Waals surface area contributed by atoms with Gasteiger partial charge in [0.05, 0.1) is 23.4 Å². The SMILES string of the molecule is COCC(O)CCc1nc(C)c(C)s1. The number of hydrogen-bond acceptors (Lipinski definition) is 4. The number of rotatable bonds is 5. The van der Waals surface area contributed by atoms with E-state index in [1.54, 1.807) is 18.4 Å². The monoisotopic (exact) mass is 215 g/mol. The molecule has 0 amide bonds. The van der Waals surface area contributed by atoms with Crippen molar-refractivity contribution in [3.63, 3.8) is 0 Å². The van der Waals surface area contributed by atoms with Crippen molar-refractivity contribution < 1.29 is 9.84 Å². The highest BCUT2D eigenvalue weighted by Gasteiger charge is 2.07. The highest BCUT2D eigenvalue weighted by Crippen LogP contribution is 2.18. The Balaban J connectivity index is 2.38. The molecule has 1 aromatic rings. The molecule has 4 heteroatoms. The molecule has 1 unspecified atom stereocenters. The smallest absolute Gasteiger partial charge is 0.0931 e. The molecule has 0 radical (unpaired) electrons. The molecule has 14 heavy (non-hydrogen) atoms. The minimum absolute atomic E-state index is 0.371. The molecule has 1 rings (SSSR count). The molecule has 3 nitrogen and oxygen atoms in total. The van der Waals surface area contributed by atoms with Crippen LogP contribution in [-0.2, 0) is 11.2 Å². The number of ether oxygens (including phenoxy) is 1. The maximum absolute atomic E-state index is 9.44. The zero-order chi connectivity index (χ0) is 10.6. The second kappa shape index (κ2) is 5.44. The molecule has 0 aliphatic heterocycles. The van der Waals surface area contributed by atoms with Gasteiger partial charge in [-0.3, -0.25) is 0 Å². The van der Waals surface area contributed by atoms with Crippen molar-refractivity contribution in [3.8, 4) is 0 Å². The number of aryl methyl sites for hydroxylation is 3. The summed E-state index contributed by atoms with van der Waals surface area (Å²) >= 11 is 1.71. The van der Waals surface area contributed by atoms with Gasteiger partial charge in [0.2, 0.25) is 0 Å². The Morgan fingerprint density at radius 1 is 1.50 bits per heavy atom. The van der Waals surface area contributed by atoms with Crippen LogP contribution in [0.2, 0.25) is 0 Å². The fraction of sp³-hybridized carbons (Fsp3) is 0.700. The van der Waals surface area contributed by atoms with E-state index in [-0.39, 0.29) is 6.10 Å². The van der Waals surface area contributed by atoms with Crippen LogP contribution in [0.25, 0.3) is 0 Å². The fourth-order valence-corrected chi connectivity index (χ4v) is 2.16. The molecule has 0 saturated heterocycles. The Morgan fingerprint density at radius 2 is 2.21 bits per heavy atom. The number of methoxy groups -OCH3 is 1. The van der Waals surface area contributed by atoms with Crippen LogP contribution in [-0.4, -0.2) is 29.9 Å². The lowest BCUT2D eigenvalue weighted by atomic mass is 10.2. The summed E-state index contributed by atoms with van der Waals surface area (Å²) in [6, 6.07) is 0. The third kappa shape index (κ3) is 3.36. The number of aliphatic hydroxyl groups excluding tert-OH is 1. The van der Waals surface area contributed by atoms with E-state index in [0.29, 0.717) is 6.61 Å². The summed E-state index contributed by atoms with van der Waals surface area (Å²) in [7, 11) is 1.60. The van der Waals surface area contributed by atoms with Crippen molar-refractivity contribution in [2.45, 2.75) is 32.8 Å². The Morgan fingerprint density at radius 3 is 2.71 bits per heavy atom. The Hall–Kier alpha value is -0.450. The largest absolute Gasteiger partial charge is 0.391 e. The molecular weight excluding hydrogens is 198 g/mol. The average Bonchev–Trinajstić information content (AvgIpc) is 2.44. The van der Waals surface area contributed by atoms with E-state index >= 15 is 0 Å². The minimum Gasteiger partial charge on any atom is -0.391 e. The summed E-state index contributed by atoms with van der Waals surface area (Å²) < 4.78 is 4.85. The van der Waals surface area contributed by atoms with Gasteiger partial charge in [-0.2, -0.15) is 0 Å². The number of nitrogens with zero attached hydrogens (tertiary/aromatic N) is 1. The van der Waals surface area contributed by atoms with Gasteiger partial charge >= 0.3 is 0 Å². The lowest BCUT2D eigenvalue weighted by molar-refractivity contribution is 0.0595. The van der Waals surface area contributed by atoms with E-state index in [1.807, 2.05) is 6.92 Å². The summed E-state index contributed by atoms with van der Waals surface area (Å²) in [6.45, 7) is 4.49. The first-order valence-electron chi connectivity index (χ1n) is 4.73. The summed E-state index contributed by atoms with van der Waals surface area (Å²) in [5.74, 6) is 0. The van der Waals surface area contributed by atoms with Crippen molar-refractivity contribution in [1.29, 1.82) is 0 Å². The van der Waals surface area contributed by atoms with Crippen LogP contribution < -0.4 is 0 Å². The highest BCUT2D eigenvalue weighted by atomic mass is 32.1. The molecule has 0 fully saturated rings. The van der Waals surface area contributed by atoms with Crippen molar-refractivity contribution in [2.24, 2.45) is 0 Å². The number of thiazole rings is 1. The quantitative estimate of drug-likeness (QED) is 0.813. The summed E-state index contributed by atoms with van der Waals surface area (Å²) in [4.78, 5) is 5.67. The molecule has 1 heterocycles. The maximum atomic E-state index is 9.44. The van der Waals surface area contributed by atoms with E-state index in [2.05, 4.69) is 11.9 Å². The van der Waals surface area contributed by atoms with Crippen molar-refractivity contribution in [1.82, 2.24) is 4.98 Å². The second-order valence-electron chi connectivity index (χ2n) is 3.40. The molecule has 0 aromatic carbocycles. The molecule has 80 valence electrons. The summed E-state index contributed by atoms with van der Waals surface area (Å²) in [5, 5.41) is 10.5. The third-order valence-electron chi connectivity index (χ3n) is 2.12. The lowest BCUT2D eigenvalue weighted by Crippen LogP contribution is -2.14. The van der Waals surface area contributed by atoms with Crippen molar-refractivity contribution in [3.05, 3.63) is 15.6 Å². The molecule has 0 bridgehead atoms. The predicted octanol–water partition coefficient (Wildman–Crippen LogP) is 1.70. The molecular formula is C10H17NO2S. The van der Waals surface area contributed by atoms with Crippen LogP contribution >= 0.6 is 11.3 Å². The molecule has 0 aliphatic rings. The summed E-state index contributed by atoms with van der Waals surface area (Å²) in [5.41, 5.74) is 1.10. The number of aromatic nitrogens is 1. The van der Waals surface area contributed by atoms with Gasteiger partial charge in [0.1, 0.15) is 0 Å². The first-order valence-corrected chi connectivity index (χ1v) is 5.55. The number of aliphatic hydroxyl groups is 1. The van der Waals surface area contributed by atoms with Crippen LogP contribution in [0.3, 0.4) is 0 Å². The van der Waals surface area contributed by atoms with E-state index in [0.717, 1.165) is 23.5 Å². The van der Waals surface area contributed by atoms with Crippen LogP contribution in [0.15, 0.2) is 0 Å². The molecule has 0 aliphatic carbocycles. The fourth-order valence-electron chi connectivity index (χ4n) is 1.21. The second-order valence-corrected chi connectivity index (χ2v) is 4.68. The van der Waals surface area contributed by atoms with E-state index in [9.17, 15) is 5.11 Å². The normalized spacial score (nSPS) is 13.1. The van der Waals surface area contributed by atoms with Gasteiger partial charge < -0.3 is 9.84 Å². The third-order valence-corrected chi connectivity index (χ3v) is 3.26. The van der Waals surface area contributed by atoms with Crippen molar-refractivity contribution >= 4 is 11.3 Å². The zero-order valence-corrected chi connectivity index (χ0v) is 9.73. The van der Waals surface area contributed by atoms with Gasteiger partial charge in [-0.05, 0) is 20.3 Å². The molecule has 0 spiro atoms. The van der Waals surface area contributed by atoms with E-state index < -0.39 is 0 Å². The van der Waals surface area contributed by atoms with Crippen LogP contribution in [0.5, 0.6) is 0 Å². The van der Waals surface area contributed by atoms with Gasteiger partial charge in [-0.1, -0.05) is 0 Å². The number of hydrogen-bond donors (Lipinski definition) is 1. The predicted molar refractivity (Wildman–Crippen MR) is 57.8 cm³/mol. The average molecular weight is 215 g/mol. The van der Waals surface area contributed by atoms with E-state index in [1.165, 1.54) is 4.88 Å². The molecule has 1 aromatic heterocycles. The maximum Gasteiger partial charge on any atom is 0.0931 e. The minimum atomic E-state index is -0.371. The highest BCUT2D eigenvalue weighted by molar-refractivity contribution is 7.11. The van der Waals surface area contributed by atoms with Gasteiger partial charge in [-0.15, -0.1) is 11.3 Å². The van der Waals surface area contributed by atoms with Gasteiger partial charge in [0.25, 0.3) is 0 Å². The Kier molecular flexibility index (Phi) is 4.51. The topological polar surface area (TPSA) is 42.4 Å². The van der Waals surface area contributed by atoms with Crippen LogP contribution in [0.4, 0.5) is 0 Å². The Bertz CT molecular complexity index is 266. The van der Waals surface area contributed by atoms with Crippen LogP contribution in [0, 0.1) is 13.8 Å².